The van der Waals surface area contributed by atoms with Gasteiger partial charge in [-0.2, -0.15) is 0 Å². The Balaban J connectivity index is 0.00000952. The van der Waals surface area contributed by atoms with Gasteiger partial charge in [0.2, 0.25) is 0 Å². The molecule has 11 nitrogen and oxygen atoms in total. The van der Waals surface area contributed by atoms with E-state index >= 15 is 0 Å². The fraction of sp³-hybridized carbons (Fsp3) is 0.926. The van der Waals surface area contributed by atoms with Gasteiger partial charge in [0.25, 0.3) is 0 Å². The molecule has 5 aliphatic rings. The fourth-order valence-corrected chi connectivity index (χ4v) is 12.6. The second kappa shape index (κ2) is 25.8. The number of hydrogen-bond donors (Lipinski definition) is 3. The Morgan fingerprint density at radius 1 is 0.803 bits per heavy atom. The molecule has 18 atom stereocenters. The van der Waals surface area contributed by atoms with Crippen molar-refractivity contribution in [2.45, 2.75) is 270 Å². The van der Waals surface area contributed by atoms with Crippen molar-refractivity contribution >= 4 is 11.8 Å². The monoisotopic (exact) mass is 940 g/mol. The zero-order valence-electron chi connectivity index (χ0n) is 43.7. The summed E-state index contributed by atoms with van der Waals surface area (Å²) in [6.45, 7) is 23.3. The molecule has 0 amide bonds. The van der Waals surface area contributed by atoms with Crippen LogP contribution in [-0.2, 0) is 33.3 Å². The molecule has 0 aliphatic carbocycles. The van der Waals surface area contributed by atoms with Gasteiger partial charge in [-0.05, 0) is 103 Å². The van der Waals surface area contributed by atoms with Crippen LogP contribution in [0.5, 0.6) is 0 Å². The molecule has 12 heteroatoms. The molecule has 0 saturated carbocycles. The van der Waals surface area contributed by atoms with Crippen LogP contribution in [0.3, 0.4) is 0 Å². The molecule has 0 radical (unpaired) electrons. The van der Waals surface area contributed by atoms with Gasteiger partial charge in [0.15, 0.2) is 11.6 Å². The third-order valence-corrected chi connectivity index (χ3v) is 17.4. The van der Waals surface area contributed by atoms with E-state index in [2.05, 4.69) is 52.1 Å². The van der Waals surface area contributed by atoms with Gasteiger partial charge in [0, 0.05) is 42.0 Å². The summed E-state index contributed by atoms with van der Waals surface area (Å²) in [5.41, 5.74) is -1.50. The minimum absolute atomic E-state index is 0. The van der Waals surface area contributed by atoms with E-state index in [9.17, 15) is 24.9 Å². The third-order valence-electron chi connectivity index (χ3n) is 17.4. The Kier molecular flexibility index (Phi) is 22.7. The molecule has 5 aliphatic heterocycles. The molecule has 3 N–H and O–H groups in total. The second-order valence-electron chi connectivity index (χ2n) is 22.1. The smallest absolute Gasteiger partial charge is 0.550 e. The minimum Gasteiger partial charge on any atom is -0.550 e. The maximum atomic E-state index is 14.7. The molecule has 376 valence electrons. The van der Waals surface area contributed by atoms with Crippen LogP contribution in [0.15, 0.2) is 12.2 Å². The van der Waals surface area contributed by atoms with Gasteiger partial charge >= 0.3 is 29.6 Å². The van der Waals surface area contributed by atoms with Gasteiger partial charge in [-0.3, -0.25) is 4.79 Å². The van der Waals surface area contributed by atoms with Crippen LogP contribution in [0.4, 0.5) is 0 Å². The quantitative estimate of drug-likeness (QED) is 0.0562. The molecule has 0 bridgehead atoms. The first-order valence-corrected chi connectivity index (χ1v) is 26.8. The van der Waals surface area contributed by atoms with Crippen LogP contribution >= 0.6 is 0 Å². The Bertz CT molecular complexity index is 1530. The van der Waals surface area contributed by atoms with E-state index < -0.39 is 70.7 Å². The number of aliphatic hydroxyl groups is 2. The molecule has 0 aromatic carbocycles. The first-order chi connectivity index (χ1) is 30.8. The second-order valence-corrected chi connectivity index (χ2v) is 22.1. The summed E-state index contributed by atoms with van der Waals surface area (Å²) < 4.78 is 35.1. The number of carbonyl (C=O) groups excluding carboxylic acids is 2. The number of nitrogens with one attached hydrogen (secondary N) is 1. The van der Waals surface area contributed by atoms with Crippen molar-refractivity contribution in [1.82, 2.24) is 5.32 Å². The number of aliphatic hydroxyl groups excluding tert-OH is 1. The standard InChI is InChI=1S/C54H95NO10.Na/c1-12-16-17-18-19-20-21-22-23-24-33-55-44-27-30-53(65-54(44)32-31-51(11,64-54)45-28-29-52(60,15-4)40(10)61-45)37(7)34-36(6)49(63-53)42(14-3)47(57)38(8)46(56)39(9)48-35(5)25-26-43(62-48)41(13-2)50(58)59;/h27,30,35-46,48-49,55-56,60H,12-26,28-29,31-34H2,1-11H3,(H,58,59);/q;+1/p-1/t35-,36-,37+,38-,39-,40-,41+,42-,43+,44-,45+,46+,48+,49-,51-,52+,53-,54-;/m0./s1. The van der Waals surface area contributed by atoms with Gasteiger partial charge in [0.05, 0.1) is 53.9 Å². The largest absolute Gasteiger partial charge is 1.00 e. The van der Waals surface area contributed by atoms with E-state index in [1.54, 1.807) is 0 Å². The number of aliphatic carboxylic acids is 1. The molecule has 4 fully saturated rings. The van der Waals surface area contributed by atoms with Crippen LogP contribution < -0.4 is 40.0 Å². The van der Waals surface area contributed by atoms with Crippen LogP contribution in [0.1, 0.15) is 205 Å². The average Bonchev–Trinajstić information content (AvgIpc) is 3.62. The summed E-state index contributed by atoms with van der Waals surface area (Å²) in [4.78, 5) is 26.7. The number of unbranched alkanes of at least 4 members (excludes halogenated alkanes) is 9. The molecule has 0 aromatic rings. The molecule has 0 aromatic heterocycles. The molecule has 5 rings (SSSR count). The van der Waals surface area contributed by atoms with Crippen LogP contribution in [0.25, 0.3) is 0 Å². The van der Waals surface area contributed by atoms with E-state index in [0.717, 1.165) is 32.2 Å². The van der Waals surface area contributed by atoms with Crippen molar-refractivity contribution in [2.75, 3.05) is 6.54 Å². The van der Waals surface area contributed by atoms with Crippen molar-refractivity contribution in [2.24, 2.45) is 41.4 Å². The molecule has 66 heavy (non-hydrogen) atoms. The van der Waals surface area contributed by atoms with E-state index in [-0.39, 0.29) is 77.4 Å². The number of ketones is 1. The maximum Gasteiger partial charge on any atom is 1.00 e. The van der Waals surface area contributed by atoms with Crippen molar-refractivity contribution in [3.8, 4) is 0 Å². The summed E-state index contributed by atoms with van der Waals surface area (Å²) in [5.74, 6) is -5.50. The van der Waals surface area contributed by atoms with Gasteiger partial charge in [0.1, 0.15) is 5.78 Å². The van der Waals surface area contributed by atoms with Crippen molar-refractivity contribution in [1.29, 1.82) is 0 Å². The number of carboxylic acids is 1. The van der Waals surface area contributed by atoms with Gasteiger partial charge < -0.3 is 49.1 Å². The van der Waals surface area contributed by atoms with E-state index in [1.807, 2.05) is 41.5 Å². The number of Topliss-reactive ketones (excluding diaryl/α,β-unsaturated/α-hetero) is 1. The summed E-state index contributed by atoms with van der Waals surface area (Å²) >= 11 is 0. The first kappa shape index (κ1) is 58.1. The summed E-state index contributed by atoms with van der Waals surface area (Å²) in [6.07, 6.45) is 20.7. The molecule has 0 unspecified atom stereocenters. The number of hydrogen-bond acceptors (Lipinski definition) is 11. The number of carbonyl (C=O) groups is 2. The predicted molar refractivity (Wildman–Crippen MR) is 254 cm³/mol. The topological polar surface area (TPSA) is 156 Å². The summed E-state index contributed by atoms with van der Waals surface area (Å²) in [5, 5.41) is 39.0. The van der Waals surface area contributed by atoms with Crippen molar-refractivity contribution in [3.05, 3.63) is 12.2 Å². The normalized spacial score (nSPS) is 39.3. The SMILES string of the molecule is CCCCCCCCCCCCN[C@H]1C=C[C@]2(O[C@H]([C@@H](CC)C(=O)[C@@H](C)[C@@H](O)[C@H](C)[C@@H]3O[C@@H]([C@@H](CC)C(=O)[O-])CC[C@@H]3C)[C@@H](C)C[C@H]2C)O[C@@]12CC[C@@](C)([C@H]1CC[C@](O)(CC)[C@H](C)O1)O2.[Na+]. The summed E-state index contributed by atoms with van der Waals surface area (Å²) in [7, 11) is 0. The van der Waals surface area contributed by atoms with Crippen molar-refractivity contribution in [3.63, 3.8) is 0 Å². The first-order valence-electron chi connectivity index (χ1n) is 26.8. The Labute approximate surface area is 423 Å². The molecule has 2 spiro atoms. The maximum absolute atomic E-state index is 14.7. The van der Waals surface area contributed by atoms with E-state index in [1.165, 1.54) is 57.8 Å². The third kappa shape index (κ3) is 13.3. The zero-order chi connectivity index (χ0) is 47.7. The number of rotatable bonds is 24. The Hall–Kier alpha value is -0.440. The molecule has 4 saturated heterocycles. The van der Waals surface area contributed by atoms with Crippen LogP contribution in [0.2, 0.25) is 0 Å². The summed E-state index contributed by atoms with van der Waals surface area (Å²) in [6, 6.07) is -0.223. The van der Waals surface area contributed by atoms with Gasteiger partial charge in [-0.1, -0.05) is 126 Å². The van der Waals surface area contributed by atoms with E-state index in [4.69, 9.17) is 23.7 Å². The molecular weight excluding hydrogens is 846 g/mol. The van der Waals surface area contributed by atoms with Crippen LogP contribution in [0, 0.1) is 41.4 Å². The van der Waals surface area contributed by atoms with Crippen molar-refractivity contribution < 1.29 is 78.2 Å². The van der Waals surface area contributed by atoms with E-state index in [0.29, 0.717) is 44.9 Å². The fourth-order valence-electron chi connectivity index (χ4n) is 12.6. The van der Waals surface area contributed by atoms with Gasteiger partial charge in [-0.15, -0.1) is 0 Å². The Morgan fingerprint density at radius 2 is 1.44 bits per heavy atom. The zero-order valence-corrected chi connectivity index (χ0v) is 45.7. The number of carboxylic acid groups (broad SMARTS) is 1. The predicted octanol–water partition coefficient (Wildman–Crippen LogP) is 6.38. The van der Waals surface area contributed by atoms with Crippen LogP contribution in [-0.4, -0.2) is 94.0 Å². The average molecular weight is 940 g/mol. The molecular formula is C54H94NNaO10. The minimum atomic E-state index is -1.14. The Morgan fingerprint density at radius 3 is 2.03 bits per heavy atom. The molecule has 5 heterocycles. The number of ether oxygens (including phenoxy) is 5. The van der Waals surface area contributed by atoms with Gasteiger partial charge in [-0.25, -0.2) is 0 Å².